The molecule has 0 aliphatic heterocycles. The Morgan fingerprint density at radius 1 is 1.50 bits per heavy atom. The lowest BCUT2D eigenvalue weighted by Crippen LogP contribution is -2.17. The van der Waals surface area contributed by atoms with Gasteiger partial charge < -0.3 is 5.32 Å². The fraction of sp³-hybridized carbons (Fsp3) is 0.615. The minimum absolute atomic E-state index is 0.815. The number of nitrogens with one attached hydrogen (secondary N) is 1. The second-order valence-corrected chi connectivity index (χ2v) is 5.75. The monoisotopic (exact) mass is 282 g/mol. The molecule has 1 aliphatic carbocycles. The summed E-state index contributed by atoms with van der Waals surface area (Å²) in [5.74, 6) is 2.65. The lowest BCUT2D eigenvalue weighted by atomic mass is 9.98. The Bertz CT molecular complexity index is 365. The van der Waals surface area contributed by atoms with Gasteiger partial charge in [-0.1, -0.05) is 19.8 Å². The van der Waals surface area contributed by atoms with E-state index in [1.54, 1.807) is 0 Å². The number of nitrogens with zero attached hydrogens (tertiary/aromatic N) is 1. The zero-order valence-electron chi connectivity index (χ0n) is 9.96. The second-order valence-electron chi connectivity index (χ2n) is 4.89. The molecule has 0 amide bonds. The van der Waals surface area contributed by atoms with Crippen molar-refractivity contribution >= 4 is 21.7 Å². The van der Waals surface area contributed by atoms with Crippen molar-refractivity contribution < 1.29 is 0 Å². The molecule has 1 fully saturated rings. The van der Waals surface area contributed by atoms with Crippen LogP contribution in [0.3, 0.4) is 0 Å². The number of aryl methyl sites for hydroxylation is 1. The Balaban J connectivity index is 1.94. The van der Waals surface area contributed by atoms with Crippen LogP contribution >= 0.6 is 15.9 Å². The van der Waals surface area contributed by atoms with Crippen LogP contribution in [0.25, 0.3) is 0 Å². The van der Waals surface area contributed by atoms with E-state index in [-0.39, 0.29) is 0 Å². The maximum Gasteiger partial charge on any atom is 0.140 e. The highest BCUT2D eigenvalue weighted by molar-refractivity contribution is 9.10. The smallest absolute Gasteiger partial charge is 0.140 e. The topological polar surface area (TPSA) is 24.9 Å². The first kappa shape index (κ1) is 11.9. The van der Waals surface area contributed by atoms with E-state index in [2.05, 4.69) is 46.1 Å². The highest BCUT2D eigenvalue weighted by atomic mass is 79.9. The summed E-state index contributed by atoms with van der Waals surface area (Å²) < 4.78 is 1.07. The highest BCUT2D eigenvalue weighted by Gasteiger charge is 2.23. The Hall–Kier alpha value is -0.570. The fourth-order valence-corrected chi connectivity index (χ4v) is 3.02. The summed E-state index contributed by atoms with van der Waals surface area (Å²) in [6.07, 6.45) is 6.04. The Morgan fingerprint density at radius 2 is 2.31 bits per heavy atom. The maximum atomic E-state index is 4.41. The van der Waals surface area contributed by atoms with Crippen molar-refractivity contribution in [1.29, 1.82) is 0 Å². The van der Waals surface area contributed by atoms with E-state index in [1.165, 1.54) is 24.8 Å². The summed E-state index contributed by atoms with van der Waals surface area (Å²) in [5, 5.41) is 3.45. The minimum atomic E-state index is 0.815. The molecule has 0 spiro atoms. The number of anilines is 1. The summed E-state index contributed by atoms with van der Waals surface area (Å²) in [7, 11) is 0. The largest absolute Gasteiger partial charge is 0.369 e. The van der Waals surface area contributed by atoms with E-state index in [0.717, 1.165) is 28.7 Å². The van der Waals surface area contributed by atoms with Gasteiger partial charge in [0.25, 0.3) is 0 Å². The molecule has 0 saturated heterocycles. The summed E-state index contributed by atoms with van der Waals surface area (Å²) >= 11 is 3.55. The predicted octanol–water partition coefficient (Wildman–Crippen LogP) is 4.00. The zero-order chi connectivity index (χ0) is 11.5. The number of halogens is 1. The van der Waals surface area contributed by atoms with Gasteiger partial charge in [-0.3, -0.25) is 0 Å². The molecule has 1 aromatic heterocycles. The van der Waals surface area contributed by atoms with Crippen LogP contribution < -0.4 is 5.32 Å². The predicted molar refractivity (Wildman–Crippen MR) is 71.7 cm³/mol. The van der Waals surface area contributed by atoms with Gasteiger partial charge in [-0.05, 0) is 52.7 Å². The van der Waals surface area contributed by atoms with Crippen LogP contribution in [0.5, 0.6) is 0 Å². The Morgan fingerprint density at radius 3 is 2.94 bits per heavy atom. The average molecular weight is 283 g/mol. The molecule has 2 unspecified atom stereocenters. The van der Waals surface area contributed by atoms with E-state index < -0.39 is 0 Å². The Labute approximate surface area is 106 Å². The van der Waals surface area contributed by atoms with Crippen molar-refractivity contribution in [3.8, 4) is 0 Å². The van der Waals surface area contributed by atoms with E-state index in [1.807, 2.05) is 6.20 Å². The van der Waals surface area contributed by atoms with E-state index in [4.69, 9.17) is 0 Å². The van der Waals surface area contributed by atoms with Crippen LogP contribution in [0, 0.1) is 18.8 Å². The lowest BCUT2D eigenvalue weighted by molar-refractivity contribution is 0.439. The molecule has 2 atom stereocenters. The number of rotatable bonds is 3. The van der Waals surface area contributed by atoms with Gasteiger partial charge in [0.2, 0.25) is 0 Å². The molecule has 3 heteroatoms. The number of pyridine rings is 1. The summed E-state index contributed by atoms with van der Waals surface area (Å²) in [5.41, 5.74) is 1.19. The van der Waals surface area contributed by atoms with Crippen molar-refractivity contribution in [2.45, 2.75) is 33.1 Å². The van der Waals surface area contributed by atoms with Gasteiger partial charge in [0.15, 0.2) is 0 Å². The first-order valence-electron chi connectivity index (χ1n) is 6.03. The lowest BCUT2D eigenvalue weighted by Gasteiger charge is -2.17. The van der Waals surface area contributed by atoms with E-state index >= 15 is 0 Å². The third kappa shape index (κ3) is 2.76. The molecule has 2 rings (SSSR count). The molecule has 1 saturated carbocycles. The first-order valence-corrected chi connectivity index (χ1v) is 6.82. The molecule has 2 nitrogen and oxygen atoms in total. The molecule has 0 bridgehead atoms. The number of hydrogen-bond acceptors (Lipinski definition) is 2. The van der Waals surface area contributed by atoms with E-state index in [9.17, 15) is 0 Å². The molecule has 88 valence electrons. The SMILES string of the molecule is Cc1cnc(NCC2CCCC2C)c(Br)c1. The molecule has 0 aromatic carbocycles. The van der Waals surface area contributed by atoms with E-state index in [0.29, 0.717) is 0 Å². The van der Waals surface area contributed by atoms with Crippen LogP contribution in [0.1, 0.15) is 31.7 Å². The van der Waals surface area contributed by atoms with Crippen LogP contribution in [0.15, 0.2) is 16.7 Å². The van der Waals surface area contributed by atoms with Gasteiger partial charge in [-0.25, -0.2) is 4.98 Å². The molecule has 1 aromatic rings. The first-order chi connectivity index (χ1) is 7.66. The summed E-state index contributed by atoms with van der Waals surface area (Å²) in [6.45, 7) is 5.47. The Kier molecular flexibility index (Phi) is 3.85. The van der Waals surface area contributed by atoms with Gasteiger partial charge in [-0.15, -0.1) is 0 Å². The van der Waals surface area contributed by atoms with Gasteiger partial charge in [0, 0.05) is 12.7 Å². The zero-order valence-corrected chi connectivity index (χ0v) is 11.5. The van der Waals surface area contributed by atoms with Crippen molar-refractivity contribution in [2.75, 3.05) is 11.9 Å². The standard InChI is InChI=1S/C13H19BrN2/c1-9-6-12(14)13(15-7-9)16-8-11-5-3-4-10(11)2/h6-7,10-11H,3-5,8H2,1-2H3,(H,15,16). The maximum absolute atomic E-state index is 4.41. The van der Waals surface area contributed by atoms with Crippen molar-refractivity contribution in [2.24, 2.45) is 11.8 Å². The second kappa shape index (κ2) is 5.17. The van der Waals surface area contributed by atoms with Gasteiger partial charge in [0.05, 0.1) is 4.47 Å². The molecular weight excluding hydrogens is 264 g/mol. The van der Waals surface area contributed by atoms with Crippen molar-refractivity contribution in [1.82, 2.24) is 4.98 Å². The quantitative estimate of drug-likeness (QED) is 0.907. The molecule has 1 heterocycles. The summed E-state index contributed by atoms with van der Waals surface area (Å²) in [4.78, 5) is 4.41. The van der Waals surface area contributed by atoms with Crippen LogP contribution in [-0.4, -0.2) is 11.5 Å². The third-order valence-electron chi connectivity index (χ3n) is 3.55. The van der Waals surface area contributed by atoms with Gasteiger partial charge in [-0.2, -0.15) is 0 Å². The van der Waals surface area contributed by atoms with Gasteiger partial charge >= 0.3 is 0 Å². The third-order valence-corrected chi connectivity index (χ3v) is 4.15. The molecule has 1 N–H and O–H groups in total. The average Bonchev–Trinajstić information content (AvgIpc) is 2.63. The molecule has 1 aliphatic rings. The molecular formula is C13H19BrN2. The van der Waals surface area contributed by atoms with Crippen molar-refractivity contribution in [3.63, 3.8) is 0 Å². The summed E-state index contributed by atoms with van der Waals surface area (Å²) in [6, 6.07) is 2.10. The normalized spacial score (nSPS) is 24.7. The number of aromatic nitrogens is 1. The van der Waals surface area contributed by atoms with Gasteiger partial charge in [0.1, 0.15) is 5.82 Å². The highest BCUT2D eigenvalue weighted by Crippen LogP contribution is 2.31. The minimum Gasteiger partial charge on any atom is -0.369 e. The fourth-order valence-electron chi connectivity index (χ4n) is 2.42. The van der Waals surface area contributed by atoms with Crippen molar-refractivity contribution in [3.05, 3.63) is 22.3 Å². The van der Waals surface area contributed by atoms with Crippen LogP contribution in [0.4, 0.5) is 5.82 Å². The molecule has 0 radical (unpaired) electrons. The van der Waals surface area contributed by atoms with Crippen LogP contribution in [0.2, 0.25) is 0 Å². The number of hydrogen-bond donors (Lipinski definition) is 1. The molecule has 16 heavy (non-hydrogen) atoms. The van der Waals surface area contributed by atoms with Crippen LogP contribution in [-0.2, 0) is 0 Å².